The Morgan fingerprint density at radius 3 is 2.47 bits per heavy atom. The van der Waals surface area contributed by atoms with Gasteiger partial charge in [0, 0.05) is 40.3 Å². The normalized spacial score (nSPS) is 14.7. The van der Waals surface area contributed by atoms with Crippen molar-refractivity contribution >= 4 is 38.5 Å². The first-order chi connectivity index (χ1) is 14.6. The lowest BCUT2D eigenvalue weighted by Crippen LogP contribution is -2.37. The summed E-state index contributed by atoms with van der Waals surface area (Å²) in [6, 6.07) is 16.2. The molecule has 0 aliphatic carbocycles. The van der Waals surface area contributed by atoms with Gasteiger partial charge in [-0.25, -0.2) is 9.78 Å². The Hall–Kier alpha value is -2.64. The first-order valence-corrected chi connectivity index (χ1v) is 10.6. The maximum Gasteiger partial charge on any atom is 0.345 e. The summed E-state index contributed by atoms with van der Waals surface area (Å²) in [5.74, 6) is 0.340. The third kappa shape index (κ3) is 4.27. The van der Waals surface area contributed by atoms with Crippen LogP contribution < -0.4 is 9.64 Å². The fourth-order valence-corrected chi connectivity index (χ4v) is 4.12. The number of benzene rings is 2. The zero-order chi connectivity index (χ0) is 21.1. The summed E-state index contributed by atoms with van der Waals surface area (Å²) in [7, 11) is 3.01. The van der Waals surface area contributed by atoms with Crippen molar-refractivity contribution in [2.45, 2.75) is 12.8 Å². The summed E-state index contributed by atoms with van der Waals surface area (Å²) >= 11 is 3.49. The molecule has 0 amide bonds. The lowest BCUT2D eigenvalue weighted by molar-refractivity contribution is -0.259. The molecule has 1 aromatic heterocycles. The molecule has 1 aliphatic heterocycles. The van der Waals surface area contributed by atoms with Gasteiger partial charge in [-0.05, 0) is 43.2 Å². The molecule has 2 heterocycles. The molecule has 156 valence electrons. The molecule has 30 heavy (non-hydrogen) atoms. The van der Waals surface area contributed by atoms with E-state index in [-0.39, 0.29) is 11.9 Å². The SMILES string of the molecule is COOC(=O)C1CCN(c2cc(-c3ccc(Br)cc3)nc3cc(OC)ccc23)CC1. The summed E-state index contributed by atoms with van der Waals surface area (Å²) in [5.41, 5.74) is 3.94. The zero-order valence-electron chi connectivity index (χ0n) is 16.9. The predicted octanol–water partition coefficient (Wildman–Crippen LogP) is 4.99. The number of methoxy groups -OCH3 is 1. The quantitative estimate of drug-likeness (QED) is 0.386. The Bertz CT molecular complexity index is 1050. The van der Waals surface area contributed by atoms with E-state index in [9.17, 15) is 4.79 Å². The van der Waals surface area contributed by atoms with Crippen LogP contribution in [0.25, 0.3) is 22.2 Å². The highest BCUT2D eigenvalue weighted by Crippen LogP contribution is 2.35. The van der Waals surface area contributed by atoms with E-state index < -0.39 is 0 Å². The molecule has 0 atom stereocenters. The van der Waals surface area contributed by atoms with E-state index in [1.807, 2.05) is 30.3 Å². The first kappa shape index (κ1) is 20.6. The number of nitrogens with zero attached hydrogens (tertiary/aromatic N) is 2. The highest BCUT2D eigenvalue weighted by molar-refractivity contribution is 9.10. The Morgan fingerprint density at radius 1 is 1.07 bits per heavy atom. The second-order valence-corrected chi connectivity index (χ2v) is 8.16. The number of anilines is 1. The van der Waals surface area contributed by atoms with Crippen LogP contribution in [0.3, 0.4) is 0 Å². The van der Waals surface area contributed by atoms with Gasteiger partial charge in [0.15, 0.2) is 0 Å². The molecule has 0 saturated carbocycles. The van der Waals surface area contributed by atoms with E-state index in [1.54, 1.807) is 7.11 Å². The van der Waals surface area contributed by atoms with E-state index in [0.717, 1.165) is 64.0 Å². The zero-order valence-corrected chi connectivity index (χ0v) is 18.5. The van der Waals surface area contributed by atoms with Crippen LogP contribution in [0.4, 0.5) is 5.69 Å². The topological polar surface area (TPSA) is 60.9 Å². The summed E-state index contributed by atoms with van der Waals surface area (Å²) in [6.07, 6.45) is 1.44. The Kier molecular flexibility index (Phi) is 6.20. The molecule has 0 N–H and O–H groups in total. The number of piperidine rings is 1. The fraction of sp³-hybridized carbons (Fsp3) is 0.304. The van der Waals surface area contributed by atoms with Crippen LogP contribution in [0.15, 0.2) is 53.0 Å². The molecule has 0 bridgehead atoms. The van der Waals surface area contributed by atoms with Crippen LogP contribution in [-0.2, 0) is 14.6 Å². The fourth-order valence-electron chi connectivity index (χ4n) is 3.85. The first-order valence-electron chi connectivity index (χ1n) is 9.83. The number of halogens is 1. The minimum Gasteiger partial charge on any atom is -0.497 e. The van der Waals surface area contributed by atoms with E-state index in [4.69, 9.17) is 14.6 Å². The van der Waals surface area contributed by atoms with Crippen LogP contribution >= 0.6 is 15.9 Å². The molecule has 4 rings (SSSR count). The molecule has 2 aromatic carbocycles. The van der Waals surface area contributed by atoms with Gasteiger partial charge in [-0.15, -0.1) is 0 Å². The second kappa shape index (κ2) is 9.02. The number of ether oxygens (including phenoxy) is 1. The van der Waals surface area contributed by atoms with Crippen molar-refractivity contribution in [2.24, 2.45) is 5.92 Å². The smallest absolute Gasteiger partial charge is 0.345 e. The van der Waals surface area contributed by atoms with E-state index in [0.29, 0.717) is 0 Å². The summed E-state index contributed by atoms with van der Waals surface area (Å²) in [4.78, 5) is 28.5. The van der Waals surface area contributed by atoms with Crippen LogP contribution in [0.2, 0.25) is 0 Å². The van der Waals surface area contributed by atoms with Gasteiger partial charge in [0.1, 0.15) is 5.75 Å². The molecule has 0 spiro atoms. The van der Waals surface area contributed by atoms with E-state index >= 15 is 0 Å². The third-order valence-electron chi connectivity index (χ3n) is 5.47. The van der Waals surface area contributed by atoms with Crippen molar-refractivity contribution in [2.75, 3.05) is 32.2 Å². The maximum atomic E-state index is 12.0. The average Bonchev–Trinajstić information content (AvgIpc) is 2.78. The Labute approximate surface area is 183 Å². The minimum absolute atomic E-state index is 0.139. The van der Waals surface area contributed by atoms with E-state index in [2.05, 4.69) is 43.9 Å². The number of pyridine rings is 1. The highest BCUT2D eigenvalue weighted by Gasteiger charge is 2.28. The van der Waals surface area contributed by atoms with Crippen LogP contribution in [0.1, 0.15) is 12.8 Å². The summed E-state index contributed by atoms with van der Waals surface area (Å²) < 4.78 is 6.44. The lowest BCUT2D eigenvalue weighted by Gasteiger charge is -2.33. The number of aromatic nitrogens is 1. The second-order valence-electron chi connectivity index (χ2n) is 7.25. The van der Waals surface area contributed by atoms with Crippen LogP contribution in [-0.4, -0.2) is 38.3 Å². The van der Waals surface area contributed by atoms with Crippen molar-refractivity contribution in [1.82, 2.24) is 4.98 Å². The number of hydrogen-bond acceptors (Lipinski definition) is 6. The monoisotopic (exact) mass is 470 g/mol. The van der Waals surface area contributed by atoms with Crippen molar-refractivity contribution in [3.8, 4) is 17.0 Å². The lowest BCUT2D eigenvalue weighted by atomic mass is 9.96. The van der Waals surface area contributed by atoms with Crippen molar-refractivity contribution in [3.63, 3.8) is 0 Å². The molecule has 0 radical (unpaired) electrons. The van der Waals surface area contributed by atoms with Gasteiger partial charge in [-0.1, -0.05) is 28.1 Å². The minimum atomic E-state index is -0.294. The molecular weight excluding hydrogens is 448 g/mol. The number of rotatable bonds is 5. The molecule has 7 heteroatoms. The number of hydrogen-bond donors (Lipinski definition) is 0. The highest BCUT2D eigenvalue weighted by atomic mass is 79.9. The van der Waals surface area contributed by atoms with Gasteiger partial charge in [0.05, 0.1) is 31.3 Å². The Morgan fingerprint density at radius 2 is 1.80 bits per heavy atom. The van der Waals surface area contributed by atoms with Crippen molar-refractivity contribution < 1.29 is 19.3 Å². The molecule has 1 saturated heterocycles. The number of fused-ring (bicyclic) bond motifs is 1. The standard InChI is InChI=1S/C23H23BrN2O4/c1-28-18-7-8-19-21(13-18)25-20(15-3-5-17(24)6-4-15)14-22(19)26-11-9-16(10-12-26)23(27)30-29-2/h3-8,13-14,16H,9-12H2,1-2H3. The molecule has 0 unspecified atom stereocenters. The predicted molar refractivity (Wildman–Crippen MR) is 119 cm³/mol. The third-order valence-corrected chi connectivity index (χ3v) is 6.00. The maximum absolute atomic E-state index is 12.0. The van der Waals surface area contributed by atoms with Crippen molar-refractivity contribution in [1.29, 1.82) is 0 Å². The van der Waals surface area contributed by atoms with Crippen molar-refractivity contribution in [3.05, 3.63) is 53.0 Å². The molecule has 1 fully saturated rings. The van der Waals surface area contributed by atoms with Gasteiger partial charge >= 0.3 is 5.97 Å². The summed E-state index contributed by atoms with van der Waals surface area (Å²) in [5, 5.41) is 1.06. The van der Waals surface area contributed by atoms with Crippen LogP contribution in [0, 0.1) is 5.92 Å². The number of carbonyl (C=O) groups excluding carboxylic acids is 1. The van der Waals surface area contributed by atoms with Gasteiger partial charge in [0.25, 0.3) is 0 Å². The average molecular weight is 471 g/mol. The molecule has 6 nitrogen and oxygen atoms in total. The molecule has 1 aliphatic rings. The van der Waals surface area contributed by atoms with Gasteiger partial charge in [-0.2, -0.15) is 4.89 Å². The van der Waals surface area contributed by atoms with Gasteiger partial charge < -0.3 is 9.64 Å². The van der Waals surface area contributed by atoms with Gasteiger partial charge in [-0.3, -0.25) is 4.89 Å². The van der Waals surface area contributed by atoms with Crippen LogP contribution in [0.5, 0.6) is 5.75 Å². The largest absolute Gasteiger partial charge is 0.497 e. The molecular formula is C23H23BrN2O4. The Balaban J connectivity index is 1.71. The molecule has 3 aromatic rings. The summed E-state index contributed by atoms with van der Waals surface area (Å²) in [6.45, 7) is 1.52. The number of carbonyl (C=O) groups is 1. The van der Waals surface area contributed by atoms with E-state index in [1.165, 1.54) is 7.11 Å². The van der Waals surface area contributed by atoms with Gasteiger partial charge in [0.2, 0.25) is 0 Å².